The van der Waals surface area contributed by atoms with Crippen LogP contribution in [0.1, 0.15) is 11.1 Å². The van der Waals surface area contributed by atoms with Crippen LogP contribution in [0.2, 0.25) is 0 Å². The fourth-order valence-electron chi connectivity index (χ4n) is 2.51. The zero-order valence-electron chi connectivity index (χ0n) is 15.6. The first-order chi connectivity index (χ1) is 13.2. The van der Waals surface area contributed by atoms with Gasteiger partial charge in [0.1, 0.15) is 0 Å². The van der Waals surface area contributed by atoms with Crippen LogP contribution in [0.5, 0.6) is 0 Å². The van der Waals surface area contributed by atoms with Gasteiger partial charge in [0.25, 0.3) is 0 Å². The lowest BCUT2D eigenvalue weighted by Crippen LogP contribution is -2.11. The van der Waals surface area contributed by atoms with Crippen LogP contribution in [-0.2, 0) is 10.0 Å². The molecule has 2 aromatic carbocycles. The van der Waals surface area contributed by atoms with Gasteiger partial charge in [-0.3, -0.25) is 4.72 Å². The first-order valence-electron chi connectivity index (χ1n) is 8.42. The molecule has 0 amide bonds. The molecule has 0 unspecified atom stereocenters. The van der Waals surface area contributed by atoms with Crippen LogP contribution < -0.4 is 15.4 Å². The van der Waals surface area contributed by atoms with Gasteiger partial charge in [-0.25, -0.2) is 17.8 Å². The molecule has 0 fully saturated rings. The summed E-state index contributed by atoms with van der Waals surface area (Å²) >= 11 is 0. The lowest BCUT2D eigenvalue weighted by atomic mass is 10.1. The number of benzene rings is 2. The van der Waals surface area contributed by atoms with Crippen molar-refractivity contribution in [3.63, 3.8) is 0 Å². The van der Waals surface area contributed by atoms with Crippen molar-refractivity contribution in [3.05, 3.63) is 65.6 Å². The van der Waals surface area contributed by atoms with E-state index in [0.29, 0.717) is 5.69 Å². The van der Waals surface area contributed by atoms with Gasteiger partial charge in [-0.15, -0.1) is 0 Å². The van der Waals surface area contributed by atoms with Gasteiger partial charge in [0.15, 0.2) is 11.6 Å². The van der Waals surface area contributed by atoms with Crippen LogP contribution in [0.3, 0.4) is 0 Å². The number of hydrogen-bond donors (Lipinski definition) is 3. The minimum Gasteiger partial charge on any atom is -0.336 e. The molecule has 0 saturated carbocycles. The van der Waals surface area contributed by atoms with Gasteiger partial charge in [-0.2, -0.15) is 4.98 Å². The van der Waals surface area contributed by atoms with E-state index in [9.17, 15) is 12.8 Å². The first-order valence-corrected chi connectivity index (χ1v) is 10.3. The van der Waals surface area contributed by atoms with E-state index in [1.165, 1.54) is 0 Å². The number of hydrogen-bond acceptors (Lipinski definition) is 6. The second-order valence-electron chi connectivity index (χ2n) is 6.38. The Morgan fingerprint density at radius 1 is 0.964 bits per heavy atom. The van der Waals surface area contributed by atoms with E-state index in [2.05, 4.69) is 25.3 Å². The topological polar surface area (TPSA) is 96.0 Å². The van der Waals surface area contributed by atoms with Gasteiger partial charge in [-0.1, -0.05) is 24.3 Å². The molecule has 0 atom stereocenters. The Labute approximate surface area is 163 Å². The molecule has 3 aromatic rings. The van der Waals surface area contributed by atoms with Crippen LogP contribution in [0.25, 0.3) is 0 Å². The molecule has 7 nitrogen and oxygen atoms in total. The highest BCUT2D eigenvalue weighted by molar-refractivity contribution is 7.92. The maximum absolute atomic E-state index is 14.3. The number of halogens is 1. The van der Waals surface area contributed by atoms with Crippen LogP contribution in [0.15, 0.2) is 48.7 Å². The summed E-state index contributed by atoms with van der Waals surface area (Å²) in [6, 6.07) is 12.5. The number of nitrogens with one attached hydrogen (secondary N) is 3. The quantitative estimate of drug-likeness (QED) is 0.576. The molecule has 0 radical (unpaired) electrons. The summed E-state index contributed by atoms with van der Waals surface area (Å²) in [6.45, 7) is 3.91. The summed E-state index contributed by atoms with van der Waals surface area (Å²) in [5.74, 6) is -0.530. The van der Waals surface area contributed by atoms with Crippen LogP contribution in [0.4, 0.5) is 33.2 Å². The third-order valence-corrected chi connectivity index (χ3v) is 4.45. The van der Waals surface area contributed by atoms with Crippen LogP contribution >= 0.6 is 0 Å². The van der Waals surface area contributed by atoms with Crippen molar-refractivity contribution in [1.29, 1.82) is 0 Å². The molecule has 0 aliphatic rings. The lowest BCUT2D eigenvalue weighted by molar-refractivity contribution is 0.607. The van der Waals surface area contributed by atoms with E-state index in [1.54, 1.807) is 24.3 Å². The molecule has 0 aliphatic heterocycles. The van der Waals surface area contributed by atoms with Gasteiger partial charge in [-0.05, 0) is 43.2 Å². The standard InChI is InChI=1S/C19H20FN5O2S/c1-12-8-9-13(2)17(10-12)23-19-21-11-14(20)18(24-19)22-15-6-4-5-7-16(15)25-28(3,26)27/h4-11,25H,1-3H3,(H2,21,22,23,24). The molecule has 146 valence electrons. The Kier molecular flexibility index (Phi) is 5.46. The summed E-state index contributed by atoms with van der Waals surface area (Å²) in [4.78, 5) is 8.17. The summed E-state index contributed by atoms with van der Waals surface area (Å²) in [5, 5.41) is 5.90. The average Bonchev–Trinajstić information content (AvgIpc) is 2.61. The van der Waals surface area contributed by atoms with Crippen LogP contribution in [0, 0.1) is 19.7 Å². The smallest absolute Gasteiger partial charge is 0.229 e. The average molecular weight is 401 g/mol. The lowest BCUT2D eigenvalue weighted by Gasteiger charge is -2.14. The third-order valence-electron chi connectivity index (χ3n) is 3.86. The highest BCUT2D eigenvalue weighted by Crippen LogP contribution is 2.27. The molecule has 3 rings (SSSR count). The zero-order valence-corrected chi connectivity index (χ0v) is 16.4. The molecule has 1 aromatic heterocycles. The molecule has 0 bridgehead atoms. The molecule has 0 saturated heterocycles. The number of rotatable bonds is 6. The minimum atomic E-state index is -3.49. The molecule has 0 spiro atoms. The summed E-state index contributed by atoms with van der Waals surface area (Å²) in [5.41, 5.74) is 3.53. The second-order valence-corrected chi connectivity index (χ2v) is 8.13. The minimum absolute atomic E-state index is 0.0782. The Morgan fingerprint density at radius 3 is 2.39 bits per heavy atom. The summed E-state index contributed by atoms with van der Waals surface area (Å²) < 4.78 is 39.7. The SMILES string of the molecule is Cc1ccc(C)c(Nc2ncc(F)c(Nc3ccccc3NS(C)(=O)=O)n2)c1. The van der Waals surface area contributed by atoms with E-state index in [1.807, 2.05) is 32.0 Å². The number of nitrogens with zero attached hydrogens (tertiary/aromatic N) is 2. The van der Waals surface area contributed by atoms with E-state index in [4.69, 9.17) is 0 Å². The Morgan fingerprint density at radius 2 is 1.68 bits per heavy atom. The molecule has 0 aliphatic carbocycles. The fraction of sp³-hybridized carbons (Fsp3) is 0.158. The molecule has 28 heavy (non-hydrogen) atoms. The molecule has 9 heteroatoms. The van der Waals surface area contributed by atoms with Crippen molar-refractivity contribution in [2.45, 2.75) is 13.8 Å². The number of para-hydroxylation sites is 2. The maximum Gasteiger partial charge on any atom is 0.229 e. The van der Waals surface area contributed by atoms with Gasteiger partial charge in [0, 0.05) is 5.69 Å². The summed E-state index contributed by atoms with van der Waals surface area (Å²) in [7, 11) is -3.49. The Hall–Kier alpha value is -3.20. The number of aryl methyl sites for hydroxylation is 2. The maximum atomic E-state index is 14.3. The highest BCUT2D eigenvalue weighted by atomic mass is 32.2. The third kappa shape index (κ3) is 4.95. The van der Waals surface area contributed by atoms with E-state index in [0.717, 1.165) is 29.3 Å². The zero-order chi connectivity index (χ0) is 20.3. The van der Waals surface area contributed by atoms with Gasteiger partial charge in [0.05, 0.1) is 23.8 Å². The monoisotopic (exact) mass is 401 g/mol. The predicted molar refractivity (Wildman–Crippen MR) is 109 cm³/mol. The fourth-order valence-corrected chi connectivity index (χ4v) is 3.09. The molecule has 1 heterocycles. The molecular formula is C19H20FN5O2S. The van der Waals surface area contributed by atoms with E-state index in [-0.39, 0.29) is 17.5 Å². The second kappa shape index (κ2) is 7.81. The van der Waals surface area contributed by atoms with Gasteiger partial charge >= 0.3 is 0 Å². The summed E-state index contributed by atoms with van der Waals surface area (Å²) in [6.07, 6.45) is 2.09. The number of anilines is 5. The van der Waals surface area contributed by atoms with Crippen molar-refractivity contribution in [2.75, 3.05) is 21.6 Å². The number of aromatic nitrogens is 2. The first kappa shape index (κ1) is 19.6. The largest absolute Gasteiger partial charge is 0.336 e. The van der Waals surface area contributed by atoms with Crippen molar-refractivity contribution in [1.82, 2.24) is 9.97 Å². The van der Waals surface area contributed by atoms with Crippen molar-refractivity contribution in [3.8, 4) is 0 Å². The molecular weight excluding hydrogens is 381 g/mol. The van der Waals surface area contributed by atoms with Crippen molar-refractivity contribution in [2.24, 2.45) is 0 Å². The van der Waals surface area contributed by atoms with E-state index < -0.39 is 15.8 Å². The van der Waals surface area contributed by atoms with Crippen LogP contribution in [-0.4, -0.2) is 24.6 Å². The van der Waals surface area contributed by atoms with Crippen molar-refractivity contribution < 1.29 is 12.8 Å². The normalized spacial score (nSPS) is 11.1. The highest BCUT2D eigenvalue weighted by Gasteiger charge is 2.12. The molecule has 3 N–H and O–H groups in total. The Balaban J connectivity index is 1.90. The van der Waals surface area contributed by atoms with E-state index >= 15 is 0 Å². The Bertz CT molecular complexity index is 1120. The number of sulfonamides is 1. The van der Waals surface area contributed by atoms with Gasteiger partial charge < -0.3 is 10.6 Å². The van der Waals surface area contributed by atoms with Crippen molar-refractivity contribution >= 4 is 38.9 Å². The predicted octanol–water partition coefficient (Wildman–Crippen LogP) is 4.09. The van der Waals surface area contributed by atoms with Gasteiger partial charge in [0.2, 0.25) is 16.0 Å².